The van der Waals surface area contributed by atoms with Gasteiger partial charge >= 0.3 is 0 Å². The molecule has 1 N–H and O–H groups in total. The van der Waals surface area contributed by atoms with Gasteiger partial charge < -0.3 is 19.3 Å². The SMILES string of the molecule is Cc1c(COc2c(Cl)ccc(OCc3cncc(C#N)c3)c2C=O)cccc1-c1cccc(OCCCN2CC3C=CC=C3C2CCCCC(C)O)c1C. The van der Waals surface area contributed by atoms with Crippen molar-refractivity contribution in [3.05, 3.63) is 129 Å². The normalized spacial score (nSPS) is 16.8. The number of benzene rings is 3. The molecule has 0 bridgehead atoms. The monoisotopic (exact) mass is 745 g/mol. The zero-order valence-electron chi connectivity index (χ0n) is 31.3. The Morgan fingerprint density at radius 3 is 2.61 bits per heavy atom. The number of hydrogen-bond donors (Lipinski definition) is 1. The smallest absolute Gasteiger partial charge is 0.157 e. The second kappa shape index (κ2) is 18.4. The standard InChI is InChI=1S/C45H48ClN3O5/c1-30(51)10-4-5-16-42-39-15-6-11-35(39)26-49(42)20-9-21-52-43-17-8-14-38(32(43)3)37-13-7-12-36(31(37)2)29-54-45-40(27-50)44(19-18-41(45)46)53-28-34-22-33(23-47)24-48-25-34/h6-8,11-15,17-19,22,24-25,27,30,35,42,51H,4-5,9-10,16,20-21,26,28-29H2,1-3H3. The number of nitrogens with zero attached hydrogens (tertiary/aromatic N) is 3. The Labute approximate surface area is 323 Å². The lowest BCUT2D eigenvalue weighted by Crippen LogP contribution is -2.32. The molecule has 1 fully saturated rings. The minimum absolute atomic E-state index is 0.121. The maximum absolute atomic E-state index is 12.3. The maximum atomic E-state index is 12.3. The van der Waals surface area contributed by atoms with Gasteiger partial charge in [-0.1, -0.05) is 73.0 Å². The molecule has 9 heteroatoms. The molecule has 3 unspecified atom stereocenters. The first-order valence-corrected chi connectivity index (χ1v) is 19.1. The molecular weight excluding hydrogens is 698 g/mol. The van der Waals surface area contributed by atoms with Crippen molar-refractivity contribution in [1.82, 2.24) is 9.88 Å². The molecule has 1 saturated heterocycles. The van der Waals surface area contributed by atoms with Crippen molar-refractivity contribution < 1.29 is 24.1 Å². The minimum atomic E-state index is -0.232. The number of aliphatic hydroxyl groups excluding tert-OH is 1. The van der Waals surface area contributed by atoms with Crippen LogP contribution in [0.5, 0.6) is 17.2 Å². The number of likely N-dealkylation sites (tertiary alicyclic amines) is 1. The highest BCUT2D eigenvalue weighted by atomic mass is 35.5. The summed E-state index contributed by atoms with van der Waals surface area (Å²) in [4.78, 5) is 19.0. The largest absolute Gasteiger partial charge is 0.493 e. The fraction of sp³-hybridized carbons (Fsp3) is 0.356. The van der Waals surface area contributed by atoms with Gasteiger partial charge in [0.1, 0.15) is 30.8 Å². The summed E-state index contributed by atoms with van der Waals surface area (Å²) < 4.78 is 18.6. The molecule has 2 heterocycles. The average Bonchev–Trinajstić information content (AvgIpc) is 3.77. The van der Waals surface area contributed by atoms with E-state index in [2.05, 4.69) is 60.2 Å². The summed E-state index contributed by atoms with van der Waals surface area (Å²) in [5, 5.41) is 19.2. The summed E-state index contributed by atoms with van der Waals surface area (Å²) >= 11 is 6.55. The van der Waals surface area contributed by atoms with Gasteiger partial charge in [-0.2, -0.15) is 5.26 Å². The lowest BCUT2D eigenvalue weighted by Gasteiger charge is -2.25. The summed E-state index contributed by atoms with van der Waals surface area (Å²) in [6.45, 7) is 9.04. The number of carbonyl (C=O) groups is 1. The number of allylic oxidation sites excluding steroid dienone is 2. The van der Waals surface area contributed by atoms with Gasteiger partial charge in [-0.15, -0.1) is 0 Å². The van der Waals surface area contributed by atoms with E-state index in [0.717, 1.165) is 78.8 Å². The third kappa shape index (κ3) is 9.22. The van der Waals surface area contributed by atoms with E-state index in [0.29, 0.717) is 46.8 Å². The van der Waals surface area contributed by atoms with Crippen molar-refractivity contribution in [2.45, 2.75) is 78.2 Å². The van der Waals surface area contributed by atoms with Gasteiger partial charge in [-0.05, 0) is 97.7 Å². The number of aromatic nitrogens is 1. The highest BCUT2D eigenvalue weighted by Crippen LogP contribution is 2.38. The van der Waals surface area contributed by atoms with Gasteiger partial charge in [-0.3, -0.25) is 14.7 Å². The first-order chi connectivity index (χ1) is 26.3. The van der Waals surface area contributed by atoms with E-state index < -0.39 is 0 Å². The third-order valence-corrected chi connectivity index (χ3v) is 10.7. The van der Waals surface area contributed by atoms with Crippen LogP contribution in [0.25, 0.3) is 11.1 Å². The molecule has 3 atom stereocenters. The number of aliphatic hydroxyl groups is 1. The summed E-state index contributed by atoms with van der Waals surface area (Å²) in [5.74, 6) is 1.98. The Morgan fingerprint density at radius 1 is 1.00 bits per heavy atom. The van der Waals surface area contributed by atoms with Crippen LogP contribution in [0, 0.1) is 31.1 Å². The predicted octanol–water partition coefficient (Wildman–Crippen LogP) is 9.37. The molecule has 54 heavy (non-hydrogen) atoms. The van der Waals surface area contributed by atoms with Crippen molar-refractivity contribution in [2.75, 3.05) is 19.7 Å². The summed E-state index contributed by atoms with van der Waals surface area (Å²) in [6, 6.07) is 19.8. The van der Waals surface area contributed by atoms with Crippen molar-refractivity contribution in [2.24, 2.45) is 5.92 Å². The van der Waals surface area contributed by atoms with E-state index in [1.54, 1.807) is 30.0 Å². The number of nitriles is 1. The van der Waals surface area contributed by atoms with Crippen molar-refractivity contribution >= 4 is 17.9 Å². The van der Waals surface area contributed by atoms with Crippen LogP contribution < -0.4 is 14.2 Å². The number of fused-ring (bicyclic) bond motifs is 1. The van der Waals surface area contributed by atoms with Crippen LogP contribution in [-0.2, 0) is 13.2 Å². The molecule has 6 rings (SSSR count). The molecule has 8 nitrogen and oxygen atoms in total. The molecular formula is C45H48ClN3O5. The van der Waals surface area contributed by atoms with Crippen LogP contribution in [0.2, 0.25) is 5.02 Å². The number of carbonyl (C=O) groups excluding carboxylic acids is 1. The van der Waals surface area contributed by atoms with Gasteiger partial charge in [0.15, 0.2) is 12.0 Å². The molecule has 0 saturated carbocycles. The Hall–Kier alpha value is -4.94. The maximum Gasteiger partial charge on any atom is 0.157 e. The quantitative estimate of drug-likeness (QED) is 0.0794. The fourth-order valence-electron chi connectivity index (χ4n) is 7.55. The molecule has 0 radical (unpaired) electrons. The number of aldehydes is 1. The van der Waals surface area contributed by atoms with Gasteiger partial charge in [0, 0.05) is 43.0 Å². The van der Waals surface area contributed by atoms with Crippen LogP contribution >= 0.6 is 11.6 Å². The van der Waals surface area contributed by atoms with E-state index in [-0.39, 0.29) is 30.6 Å². The predicted molar refractivity (Wildman–Crippen MR) is 212 cm³/mol. The Morgan fingerprint density at radius 2 is 1.81 bits per heavy atom. The zero-order chi connectivity index (χ0) is 38.0. The first kappa shape index (κ1) is 38.8. The van der Waals surface area contributed by atoms with Crippen molar-refractivity contribution in [3.8, 4) is 34.4 Å². The summed E-state index contributed by atoms with van der Waals surface area (Å²) in [6.07, 6.45) is 15.5. The molecule has 1 aliphatic carbocycles. The lowest BCUT2D eigenvalue weighted by molar-refractivity contribution is 0.111. The molecule has 0 amide bonds. The van der Waals surface area contributed by atoms with Crippen LogP contribution in [0.3, 0.4) is 0 Å². The van der Waals surface area contributed by atoms with Gasteiger partial charge in [0.25, 0.3) is 0 Å². The summed E-state index contributed by atoms with van der Waals surface area (Å²) in [7, 11) is 0. The van der Waals surface area contributed by atoms with Crippen molar-refractivity contribution in [1.29, 1.82) is 5.26 Å². The highest BCUT2D eigenvalue weighted by Gasteiger charge is 2.35. The Balaban J connectivity index is 1.08. The highest BCUT2D eigenvalue weighted by molar-refractivity contribution is 6.32. The van der Waals surface area contributed by atoms with E-state index in [1.807, 2.05) is 31.2 Å². The third-order valence-electron chi connectivity index (χ3n) is 10.5. The second-order valence-corrected chi connectivity index (χ2v) is 14.6. The molecule has 4 aromatic rings. The molecule has 280 valence electrons. The molecule has 2 aliphatic rings. The van der Waals surface area contributed by atoms with E-state index in [1.165, 1.54) is 6.20 Å². The molecule has 1 aromatic heterocycles. The molecule has 3 aromatic carbocycles. The van der Waals surface area contributed by atoms with Gasteiger partial charge in [0.2, 0.25) is 0 Å². The average molecular weight is 746 g/mol. The Kier molecular flexibility index (Phi) is 13.2. The zero-order valence-corrected chi connectivity index (χ0v) is 32.0. The number of rotatable bonds is 18. The fourth-order valence-corrected chi connectivity index (χ4v) is 7.77. The number of pyridine rings is 1. The molecule has 1 aliphatic heterocycles. The van der Waals surface area contributed by atoms with E-state index >= 15 is 0 Å². The van der Waals surface area contributed by atoms with Crippen molar-refractivity contribution in [3.63, 3.8) is 0 Å². The van der Waals surface area contributed by atoms with Gasteiger partial charge in [-0.25, -0.2) is 0 Å². The van der Waals surface area contributed by atoms with Gasteiger partial charge in [0.05, 0.1) is 28.9 Å². The van der Waals surface area contributed by atoms with Crippen LogP contribution in [0.4, 0.5) is 0 Å². The minimum Gasteiger partial charge on any atom is -0.493 e. The second-order valence-electron chi connectivity index (χ2n) is 14.2. The Bertz CT molecular complexity index is 2050. The lowest BCUT2D eigenvalue weighted by atomic mass is 9.93. The van der Waals surface area contributed by atoms with Crippen LogP contribution in [0.15, 0.2) is 90.8 Å². The topological polar surface area (TPSA) is 105 Å². The summed E-state index contributed by atoms with van der Waals surface area (Å²) in [5.41, 5.74) is 8.14. The number of unbranched alkanes of at least 4 members (excludes halogenated alkanes) is 1. The number of halogens is 1. The number of ether oxygens (including phenoxy) is 3. The van der Waals surface area contributed by atoms with Crippen LogP contribution in [-0.4, -0.2) is 53.1 Å². The number of hydrogen-bond acceptors (Lipinski definition) is 8. The van der Waals surface area contributed by atoms with E-state index in [4.69, 9.17) is 25.8 Å². The first-order valence-electron chi connectivity index (χ1n) is 18.8. The molecule has 0 spiro atoms. The van der Waals surface area contributed by atoms with E-state index in [9.17, 15) is 15.2 Å². The van der Waals surface area contributed by atoms with Crippen LogP contribution in [0.1, 0.15) is 77.2 Å².